The van der Waals surface area contributed by atoms with Gasteiger partial charge in [0.2, 0.25) is 0 Å². The highest BCUT2D eigenvalue weighted by Gasteiger charge is 2.21. The maximum Gasteiger partial charge on any atom is 0.0540 e. The Morgan fingerprint density at radius 1 is 0.479 bits per heavy atom. The van der Waals surface area contributed by atoms with Crippen molar-refractivity contribution in [2.45, 2.75) is 38.0 Å². The molecule has 0 spiro atoms. The molecule has 1 nitrogen and oxygen atoms in total. The van der Waals surface area contributed by atoms with Crippen molar-refractivity contribution in [2.24, 2.45) is 0 Å². The zero-order valence-electron chi connectivity index (χ0n) is 27.0. The van der Waals surface area contributed by atoms with Crippen molar-refractivity contribution in [1.29, 1.82) is 0 Å². The molecule has 0 bridgehead atoms. The maximum atomic E-state index is 2.48. The number of fused-ring (bicyclic) bond motifs is 4. The molecule has 9 rings (SSSR count). The summed E-state index contributed by atoms with van der Waals surface area (Å²) in [6.07, 6.45) is 6.67. The average molecular weight is 636 g/mol. The lowest BCUT2D eigenvalue weighted by Gasteiger charge is -2.29. The smallest absolute Gasteiger partial charge is 0.0540 e. The van der Waals surface area contributed by atoms with Crippen molar-refractivity contribution in [3.63, 3.8) is 0 Å². The number of para-hydroxylation sites is 1. The quantitative estimate of drug-likeness (QED) is 0.176. The third-order valence-electron chi connectivity index (χ3n) is 10.3. The largest absolute Gasteiger partial charge is 0.310 e. The van der Waals surface area contributed by atoms with E-state index in [9.17, 15) is 0 Å². The van der Waals surface area contributed by atoms with Crippen LogP contribution in [0.3, 0.4) is 0 Å². The van der Waals surface area contributed by atoms with Crippen molar-refractivity contribution >= 4 is 59.3 Å². The van der Waals surface area contributed by atoms with Crippen LogP contribution >= 0.6 is 11.3 Å². The Balaban J connectivity index is 1.26. The van der Waals surface area contributed by atoms with Crippen molar-refractivity contribution in [1.82, 2.24) is 0 Å². The monoisotopic (exact) mass is 635 g/mol. The number of anilines is 3. The standard InChI is InChI=1S/C46H37NS/c1-3-13-32(14-4-1)33-25-27-36(28-26-33)47(37-29-30-45-42(31-37)40-20-8-10-24-44(40)48-45)43-23-9-7-19-39(43)41-22-12-18-35-17-11-21-38(46(35)41)34-15-5-2-6-16-34/h2,5-12,15-32H,1,3-4,13-14H2. The van der Waals surface area contributed by atoms with Gasteiger partial charge in [0.05, 0.1) is 5.69 Å². The first-order valence-corrected chi connectivity index (χ1v) is 18.1. The van der Waals surface area contributed by atoms with Crippen molar-refractivity contribution in [3.8, 4) is 22.3 Å². The molecule has 1 aliphatic carbocycles. The molecule has 1 aliphatic rings. The van der Waals surface area contributed by atoms with E-state index in [0.717, 1.165) is 0 Å². The molecule has 232 valence electrons. The molecule has 0 N–H and O–H groups in total. The summed E-state index contributed by atoms with van der Waals surface area (Å²) in [5, 5.41) is 5.16. The van der Waals surface area contributed by atoms with E-state index in [1.807, 2.05) is 11.3 Å². The third kappa shape index (κ3) is 5.18. The highest BCUT2D eigenvalue weighted by atomic mass is 32.1. The van der Waals surface area contributed by atoms with Gasteiger partial charge in [0, 0.05) is 37.1 Å². The van der Waals surface area contributed by atoms with E-state index < -0.39 is 0 Å². The summed E-state index contributed by atoms with van der Waals surface area (Å²) >= 11 is 1.87. The van der Waals surface area contributed by atoms with Crippen molar-refractivity contribution < 1.29 is 0 Å². The van der Waals surface area contributed by atoms with E-state index >= 15 is 0 Å². The molecule has 1 aromatic heterocycles. The van der Waals surface area contributed by atoms with Crippen molar-refractivity contribution in [3.05, 3.63) is 163 Å². The lowest BCUT2D eigenvalue weighted by molar-refractivity contribution is 0.443. The molecule has 1 saturated carbocycles. The highest BCUT2D eigenvalue weighted by molar-refractivity contribution is 7.25. The number of nitrogens with zero attached hydrogens (tertiary/aromatic N) is 1. The Hall–Kier alpha value is -5.18. The SMILES string of the molecule is c1ccc(-c2cccc3cccc(-c4ccccc4N(c4ccc(C5CCCCC5)cc4)c4ccc5sc6ccccc6c5c4)c23)cc1. The molecule has 7 aromatic carbocycles. The Kier molecular flexibility index (Phi) is 7.52. The summed E-state index contributed by atoms with van der Waals surface area (Å²) in [6.45, 7) is 0. The van der Waals surface area contributed by atoms with Gasteiger partial charge in [0.15, 0.2) is 0 Å². The zero-order chi connectivity index (χ0) is 31.9. The van der Waals surface area contributed by atoms with Crippen LogP contribution in [0.5, 0.6) is 0 Å². The summed E-state index contributed by atoms with van der Waals surface area (Å²) in [5.74, 6) is 0.675. The minimum atomic E-state index is 0.675. The van der Waals surface area contributed by atoms with Gasteiger partial charge < -0.3 is 4.90 Å². The van der Waals surface area contributed by atoms with Crippen LogP contribution in [0.1, 0.15) is 43.6 Å². The number of thiophene rings is 1. The van der Waals surface area contributed by atoms with Gasteiger partial charge in [-0.3, -0.25) is 0 Å². The first-order chi connectivity index (χ1) is 23.8. The highest BCUT2D eigenvalue weighted by Crippen LogP contribution is 2.46. The second-order valence-electron chi connectivity index (χ2n) is 13.1. The van der Waals surface area contributed by atoms with Gasteiger partial charge in [0.1, 0.15) is 0 Å². The fourth-order valence-electron chi connectivity index (χ4n) is 7.93. The molecule has 0 aliphatic heterocycles. The molecule has 0 amide bonds. The topological polar surface area (TPSA) is 3.24 Å². The van der Waals surface area contributed by atoms with Crippen LogP contribution in [0.2, 0.25) is 0 Å². The summed E-state index contributed by atoms with van der Waals surface area (Å²) in [6, 6.07) is 58.5. The zero-order valence-corrected chi connectivity index (χ0v) is 27.8. The summed E-state index contributed by atoms with van der Waals surface area (Å²) in [5.41, 5.74) is 9.97. The number of hydrogen-bond acceptors (Lipinski definition) is 2. The van der Waals surface area contributed by atoms with Gasteiger partial charge in [0.25, 0.3) is 0 Å². The Labute approximate surface area is 286 Å². The molecule has 1 fully saturated rings. The predicted octanol–water partition coefficient (Wildman–Crippen LogP) is 14.1. The molecule has 0 atom stereocenters. The van der Waals surface area contributed by atoms with Crippen molar-refractivity contribution in [2.75, 3.05) is 4.90 Å². The molecule has 0 unspecified atom stereocenters. The van der Waals surface area contributed by atoms with E-state index in [4.69, 9.17) is 0 Å². The van der Waals surface area contributed by atoms with Gasteiger partial charge in [-0.1, -0.05) is 135 Å². The van der Waals surface area contributed by atoms with Gasteiger partial charge in [-0.15, -0.1) is 11.3 Å². The predicted molar refractivity (Wildman–Crippen MR) is 208 cm³/mol. The van der Waals surface area contributed by atoms with Crippen LogP contribution in [-0.4, -0.2) is 0 Å². The van der Waals surface area contributed by atoms with E-state index in [1.54, 1.807) is 0 Å². The van der Waals surface area contributed by atoms with Crippen LogP contribution in [0.4, 0.5) is 17.1 Å². The number of benzene rings is 7. The van der Waals surface area contributed by atoms with E-state index in [-0.39, 0.29) is 0 Å². The van der Waals surface area contributed by atoms with Crippen LogP contribution < -0.4 is 4.90 Å². The van der Waals surface area contributed by atoms with Gasteiger partial charge in [-0.25, -0.2) is 0 Å². The Morgan fingerprint density at radius 2 is 1.15 bits per heavy atom. The summed E-state index contributed by atoms with van der Waals surface area (Å²) < 4.78 is 2.65. The maximum absolute atomic E-state index is 2.48. The second-order valence-corrected chi connectivity index (χ2v) is 14.2. The van der Waals surface area contributed by atoms with E-state index in [0.29, 0.717) is 5.92 Å². The fraction of sp³-hybridized carbons (Fsp3) is 0.130. The first kappa shape index (κ1) is 29.0. The van der Waals surface area contributed by atoms with E-state index in [1.165, 1.54) is 108 Å². The molecule has 8 aromatic rings. The molecular weight excluding hydrogens is 599 g/mol. The second kappa shape index (κ2) is 12.4. The summed E-state index contributed by atoms with van der Waals surface area (Å²) in [7, 11) is 0. The van der Waals surface area contributed by atoms with Crippen LogP contribution in [0, 0.1) is 0 Å². The normalized spacial score (nSPS) is 13.8. The molecule has 1 heterocycles. The average Bonchev–Trinajstić information content (AvgIpc) is 3.54. The third-order valence-corrected chi connectivity index (χ3v) is 11.4. The number of rotatable bonds is 6. The van der Waals surface area contributed by atoms with Gasteiger partial charge in [-0.05, 0) is 94.3 Å². The molecule has 48 heavy (non-hydrogen) atoms. The molecule has 2 heteroatoms. The molecule has 0 radical (unpaired) electrons. The Bertz CT molecular complexity index is 2370. The van der Waals surface area contributed by atoms with Crippen LogP contribution in [0.25, 0.3) is 53.2 Å². The summed E-state index contributed by atoms with van der Waals surface area (Å²) in [4.78, 5) is 2.48. The minimum Gasteiger partial charge on any atom is -0.310 e. The molecular formula is C46H37NS. The lowest BCUT2D eigenvalue weighted by atomic mass is 9.84. The molecule has 0 saturated heterocycles. The minimum absolute atomic E-state index is 0.675. The van der Waals surface area contributed by atoms with E-state index in [2.05, 4.69) is 163 Å². The lowest BCUT2D eigenvalue weighted by Crippen LogP contribution is -2.12. The van der Waals surface area contributed by atoms with Crippen LogP contribution in [0.15, 0.2) is 158 Å². The number of hydrogen-bond donors (Lipinski definition) is 0. The Morgan fingerprint density at radius 3 is 1.98 bits per heavy atom. The van der Waals surface area contributed by atoms with Gasteiger partial charge >= 0.3 is 0 Å². The van der Waals surface area contributed by atoms with Crippen LogP contribution in [-0.2, 0) is 0 Å². The first-order valence-electron chi connectivity index (χ1n) is 17.3. The fourth-order valence-corrected chi connectivity index (χ4v) is 9.02. The van der Waals surface area contributed by atoms with Gasteiger partial charge in [-0.2, -0.15) is 0 Å².